The Morgan fingerprint density at radius 2 is 2.47 bits per heavy atom. The minimum absolute atomic E-state index is 0.259. The van der Waals surface area contributed by atoms with Gasteiger partial charge in [-0.25, -0.2) is 4.98 Å². The van der Waals surface area contributed by atoms with Gasteiger partial charge in [-0.15, -0.1) is 0 Å². The molecular weight excluding hydrogens is 192 g/mol. The van der Waals surface area contributed by atoms with E-state index < -0.39 is 0 Å². The van der Waals surface area contributed by atoms with Crippen LogP contribution < -0.4 is 10.1 Å². The van der Waals surface area contributed by atoms with Crippen molar-refractivity contribution < 1.29 is 4.74 Å². The first-order valence-corrected chi connectivity index (χ1v) is 5.14. The standard InChI is InChI=1S/C10H16N4O/c1-11-10-12-5-3-9(13-10)15-8-4-6-14(2)7-8/h3,5,8H,4,6-7H2,1-2H3,(H,11,12,13)/t8-/m1/s1. The first kappa shape index (κ1) is 10.2. The predicted molar refractivity (Wildman–Crippen MR) is 58.1 cm³/mol. The van der Waals surface area contributed by atoms with E-state index in [1.165, 1.54) is 0 Å². The molecule has 82 valence electrons. The molecule has 1 aliphatic heterocycles. The first-order valence-electron chi connectivity index (χ1n) is 5.14. The molecule has 1 fully saturated rings. The summed E-state index contributed by atoms with van der Waals surface area (Å²) in [5.74, 6) is 1.24. The molecule has 0 bridgehead atoms. The second-order valence-corrected chi connectivity index (χ2v) is 3.76. The molecule has 0 saturated carbocycles. The third-order valence-electron chi connectivity index (χ3n) is 2.49. The Labute approximate surface area is 89.5 Å². The summed E-state index contributed by atoms with van der Waals surface area (Å²) in [6.45, 7) is 2.06. The van der Waals surface area contributed by atoms with Gasteiger partial charge in [0.25, 0.3) is 0 Å². The number of rotatable bonds is 3. The van der Waals surface area contributed by atoms with E-state index >= 15 is 0 Å². The molecule has 5 nitrogen and oxygen atoms in total. The van der Waals surface area contributed by atoms with Crippen molar-refractivity contribution in [2.45, 2.75) is 12.5 Å². The number of nitrogens with one attached hydrogen (secondary N) is 1. The van der Waals surface area contributed by atoms with E-state index in [0.29, 0.717) is 11.8 Å². The lowest BCUT2D eigenvalue weighted by molar-refractivity contribution is 0.200. The highest BCUT2D eigenvalue weighted by Gasteiger charge is 2.21. The molecule has 0 aromatic carbocycles. The maximum Gasteiger partial charge on any atom is 0.225 e. The quantitative estimate of drug-likeness (QED) is 0.788. The highest BCUT2D eigenvalue weighted by Crippen LogP contribution is 2.15. The van der Waals surface area contributed by atoms with Crippen LogP contribution in [0.4, 0.5) is 5.95 Å². The zero-order chi connectivity index (χ0) is 10.7. The maximum atomic E-state index is 5.76. The largest absolute Gasteiger partial charge is 0.473 e. The predicted octanol–water partition coefficient (Wildman–Crippen LogP) is 0.601. The lowest BCUT2D eigenvalue weighted by Gasteiger charge is -2.12. The van der Waals surface area contributed by atoms with E-state index in [-0.39, 0.29) is 6.10 Å². The second-order valence-electron chi connectivity index (χ2n) is 3.76. The lowest BCUT2D eigenvalue weighted by atomic mass is 10.3. The number of anilines is 1. The molecule has 0 unspecified atom stereocenters. The van der Waals surface area contributed by atoms with Crippen molar-refractivity contribution in [3.63, 3.8) is 0 Å². The van der Waals surface area contributed by atoms with Gasteiger partial charge in [0.15, 0.2) is 0 Å². The van der Waals surface area contributed by atoms with Crippen molar-refractivity contribution in [2.24, 2.45) is 0 Å². The maximum absolute atomic E-state index is 5.76. The Kier molecular flexibility index (Phi) is 3.01. The number of likely N-dealkylation sites (tertiary alicyclic amines) is 1. The number of hydrogen-bond donors (Lipinski definition) is 1. The number of aromatic nitrogens is 2. The van der Waals surface area contributed by atoms with Crippen LogP contribution in [0.15, 0.2) is 12.3 Å². The van der Waals surface area contributed by atoms with Crippen molar-refractivity contribution in [3.8, 4) is 5.88 Å². The van der Waals surface area contributed by atoms with Gasteiger partial charge in [0.2, 0.25) is 11.8 Å². The van der Waals surface area contributed by atoms with Crippen molar-refractivity contribution in [3.05, 3.63) is 12.3 Å². The monoisotopic (exact) mass is 208 g/mol. The van der Waals surface area contributed by atoms with Crippen molar-refractivity contribution in [1.82, 2.24) is 14.9 Å². The van der Waals surface area contributed by atoms with E-state index in [2.05, 4.69) is 27.2 Å². The van der Waals surface area contributed by atoms with Crippen molar-refractivity contribution >= 4 is 5.95 Å². The molecule has 2 heterocycles. The Morgan fingerprint density at radius 3 is 3.13 bits per heavy atom. The minimum atomic E-state index is 0.259. The fourth-order valence-corrected chi connectivity index (χ4v) is 1.69. The van der Waals surface area contributed by atoms with Gasteiger partial charge in [-0.05, 0) is 13.5 Å². The van der Waals surface area contributed by atoms with Gasteiger partial charge in [-0.3, -0.25) is 0 Å². The molecule has 1 N–H and O–H groups in total. The Bertz CT molecular complexity index is 331. The average molecular weight is 208 g/mol. The number of nitrogens with zero attached hydrogens (tertiary/aromatic N) is 3. The van der Waals surface area contributed by atoms with Crippen LogP contribution in [0.1, 0.15) is 6.42 Å². The van der Waals surface area contributed by atoms with E-state index in [9.17, 15) is 0 Å². The summed E-state index contributed by atoms with van der Waals surface area (Å²) in [6, 6.07) is 1.79. The molecule has 0 spiro atoms. The van der Waals surface area contributed by atoms with Crippen LogP contribution in [0.5, 0.6) is 5.88 Å². The Balaban J connectivity index is 1.98. The van der Waals surface area contributed by atoms with E-state index in [1.807, 2.05) is 0 Å². The van der Waals surface area contributed by atoms with E-state index in [4.69, 9.17) is 4.74 Å². The van der Waals surface area contributed by atoms with Crippen molar-refractivity contribution in [2.75, 3.05) is 32.5 Å². The Hall–Kier alpha value is -1.36. The first-order chi connectivity index (χ1) is 7.28. The van der Waals surface area contributed by atoms with Gasteiger partial charge in [0.1, 0.15) is 6.10 Å². The molecule has 0 radical (unpaired) electrons. The summed E-state index contributed by atoms with van der Waals surface area (Å²) in [5, 5.41) is 2.89. The Morgan fingerprint density at radius 1 is 1.60 bits per heavy atom. The van der Waals surface area contributed by atoms with Crippen LogP contribution in [-0.2, 0) is 0 Å². The second kappa shape index (κ2) is 4.44. The van der Waals surface area contributed by atoms with Gasteiger partial charge in [0.05, 0.1) is 0 Å². The summed E-state index contributed by atoms with van der Waals surface area (Å²) in [7, 11) is 3.89. The molecule has 1 aliphatic rings. The molecule has 1 atom stereocenters. The van der Waals surface area contributed by atoms with E-state index in [0.717, 1.165) is 19.5 Å². The van der Waals surface area contributed by atoms with Crippen LogP contribution in [0.2, 0.25) is 0 Å². The summed E-state index contributed by atoms with van der Waals surface area (Å²) in [4.78, 5) is 10.5. The van der Waals surface area contributed by atoms with Gasteiger partial charge >= 0.3 is 0 Å². The summed E-state index contributed by atoms with van der Waals surface area (Å²) in [5.41, 5.74) is 0. The lowest BCUT2D eigenvalue weighted by Crippen LogP contribution is -2.21. The third kappa shape index (κ3) is 2.56. The van der Waals surface area contributed by atoms with Crippen LogP contribution in [-0.4, -0.2) is 48.2 Å². The molecule has 5 heteroatoms. The molecule has 1 aromatic rings. The number of likely N-dealkylation sites (N-methyl/N-ethyl adjacent to an activating group) is 1. The molecule has 2 rings (SSSR count). The fraction of sp³-hybridized carbons (Fsp3) is 0.600. The highest BCUT2D eigenvalue weighted by molar-refractivity contribution is 5.26. The molecule has 0 amide bonds. The number of ether oxygens (including phenoxy) is 1. The van der Waals surface area contributed by atoms with Crippen LogP contribution in [0, 0.1) is 0 Å². The van der Waals surface area contributed by atoms with Gasteiger partial charge in [-0.1, -0.05) is 0 Å². The molecule has 0 aliphatic carbocycles. The van der Waals surface area contributed by atoms with Crippen molar-refractivity contribution in [1.29, 1.82) is 0 Å². The van der Waals surface area contributed by atoms with Crippen LogP contribution in [0.25, 0.3) is 0 Å². The smallest absolute Gasteiger partial charge is 0.225 e. The molecule has 15 heavy (non-hydrogen) atoms. The van der Waals surface area contributed by atoms with Gasteiger partial charge in [0, 0.05) is 32.4 Å². The van der Waals surface area contributed by atoms with E-state index in [1.54, 1.807) is 19.3 Å². The zero-order valence-corrected chi connectivity index (χ0v) is 9.10. The van der Waals surface area contributed by atoms with Crippen LogP contribution in [0.3, 0.4) is 0 Å². The van der Waals surface area contributed by atoms with Gasteiger partial charge < -0.3 is 15.0 Å². The third-order valence-corrected chi connectivity index (χ3v) is 2.49. The summed E-state index contributed by atoms with van der Waals surface area (Å²) >= 11 is 0. The normalized spacial score (nSPS) is 21.6. The molecule has 1 aromatic heterocycles. The van der Waals surface area contributed by atoms with Gasteiger partial charge in [-0.2, -0.15) is 4.98 Å². The summed E-state index contributed by atoms with van der Waals surface area (Å²) in [6.07, 6.45) is 3.02. The average Bonchev–Trinajstić information content (AvgIpc) is 2.64. The summed E-state index contributed by atoms with van der Waals surface area (Å²) < 4.78 is 5.76. The zero-order valence-electron chi connectivity index (χ0n) is 9.10. The van der Waals surface area contributed by atoms with Crippen LogP contribution >= 0.6 is 0 Å². The topological polar surface area (TPSA) is 50.3 Å². The minimum Gasteiger partial charge on any atom is -0.473 e. The molecule has 1 saturated heterocycles. The highest BCUT2D eigenvalue weighted by atomic mass is 16.5. The SMILES string of the molecule is CNc1nccc(O[C@@H]2CCN(C)C2)n1. The molecular formula is C10H16N4O. The number of hydrogen-bond acceptors (Lipinski definition) is 5. The fourth-order valence-electron chi connectivity index (χ4n) is 1.69.